The van der Waals surface area contributed by atoms with E-state index in [0.717, 1.165) is 0 Å². The zero-order chi connectivity index (χ0) is 20.8. The molecule has 1 amide bonds. The van der Waals surface area contributed by atoms with Gasteiger partial charge in [-0.05, 0) is 61.3 Å². The number of halogens is 4. The first-order valence-electron chi connectivity index (χ1n) is 8.73. The van der Waals surface area contributed by atoms with E-state index in [1.54, 1.807) is 11.0 Å². The van der Waals surface area contributed by atoms with Crippen molar-refractivity contribution in [3.05, 3.63) is 26.7 Å². The van der Waals surface area contributed by atoms with Gasteiger partial charge in [0.1, 0.15) is 16.9 Å². The molecule has 28 heavy (non-hydrogen) atoms. The van der Waals surface area contributed by atoms with Crippen molar-refractivity contribution < 1.29 is 13.9 Å². The van der Waals surface area contributed by atoms with Crippen molar-refractivity contribution in [3.63, 3.8) is 0 Å². The molecule has 2 aromatic rings. The van der Waals surface area contributed by atoms with Crippen LogP contribution < -0.4 is 4.90 Å². The molecule has 1 unspecified atom stereocenters. The van der Waals surface area contributed by atoms with Gasteiger partial charge < -0.3 is 14.5 Å². The molecule has 1 atom stereocenters. The predicted octanol–water partition coefficient (Wildman–Crippen LogP) is 5.28. The summed E-state index contributed by atoms with van der Waals surface area (Å²) in [6.07, 6.45) is -0.359. The van der Waals surface area contributed by atoms with Crippen LogP contribution in [0.3, 0.4) is 0 Å². The minimum Gasteiger partial charge on any atom is -0.444 e. The van der Waals surface area contributed by atoms with Gasteiger partial charge in [0.15, 0.2) is 5.82 Å². The Morgan fingerprint density at radius 3 is 2.61 bits per heavy atom. The van der Waals surface area contributed by atoms with E-state index in [2.05, 4.69) is 25.9 Å². The second-order valence-electron chi connectivity index (χ2n) is 7.67. The quantitative estimate of drug-likeness (QED) is 0.399. The summed E-state index contributed by atoms with van der Waals surface area (Å²) in [7, 11) is 0. The maximum atomic E-state index is 14.6. The number of rotatable bonds is 1. The van der Waals surface area contributed by atoms with Crippen molar-refractivity contribution in [2.24, 2.45) is 0 Å². The van der Waals surface area contributed by atoms with Crippen molar-refractivity contribution in [3.8, 4) is 0 Å². The number of fused-ring (bicyclic) bond motifs is 1. The molecule has 0 aliphatic carbocycles. The van der Waals surface area contributed by atoms with E-state index < -0.39 is 11.4 Å². The van der Waals surface area contributed by atoms with E-state index in [1.807, 2.05) is 32.6 Å². The second kappa shape index (κ2) is 7.80. The van der Waals surface area contributed by atoms with Crippen LogP contribution in [-0.2, 0) is 4.74 Å². The largest absolute Gasteiger partial charge is 0.444 e. The third-order valence-electron chi connectivity index (χ3n) is 4.33. The van der Waals surface area contributed by atoms with Gasteiger partial charge in [0.2, 0.25) is 5.28 Å². The van der Waals surface area contributed by atoms with E-state index in [0.29, 0.717) is 30.8 Å². The van der Waals surface area contributed by atoms with Crippen molar-refractivity contribution in [1.29, 1.82) is 0 Å². The minimum atomic E-state index is -0.590. The van der Waals surface area contributed by atoms with Crippen molar-refractivity contribution >= 4 is 61.9 Å². The second-order valence-corrected chi connectivity index (χ2v) is 9.21. The first-order chi connectivity index (χ1) is 13.0. The van der Waals surface area contributed by atoms with E-state index in [-0.39, 0.29) is 32.4 Å². The number of carbonyl (C=O) groups is 1. The molecule has 1 aromatic heterocycles. The van der Waals surface area contributed by atoms with Crippen LogP contribution in [0.25, 0.3) is 10.9 Å². The number of nitrogens with zero attached hydrogens (tertiary/aromatic N) is 4. The number of hydrogen-bond donors (Lipinski definition) is 0. The Bertz CT molecular complexity index is 938. The molecule has 0 bridgehead atoms. The summed E-state index contributed by atoms with van der Waals surface area (Å²) >= 11 is 15.3. The minimum absolute atomic E-state index is 0.0580. The van der Waals surface area contributed by atoms with Crippen LogP contribution in [0.5, 0.6) is 0 Å². The number of carbonyl (C=O) groups excluding carboxylic acids is 1. The van der Waals surface area contributed by atoms with Gasteiger partial charge in [-0.25, -0.2) is 14.2 Å². The van der Waals surface area contributed by atoms with Crippen molar-refractivity contribution in [1.82, 2.24) is 14.9 Å². The Balaban J connectivity index is 1.93. The van der Waals surface area contributed by atoms with Gasteiger partial charge in [0.05, 0.1) is 9.50 Å². The molecule has 0 N–H and O–H groups in total. The molecule has 6 nitrogen and oxygen atoms in total. The van der Waals surface area contributed by atoms with Gasteiger partial charge in [-0.2, -0.15) is 4.98 Å². The van der Waals surface area contributed by atoms with Crippen molar-refractivity contribution in [2.45, 2.75) is 39.3 Å². The number of amides is 1. The van der Waals surface area contributed by atoms with Gasteiger partial charge in [-0.1, -0.05) is 11.6 Å². The molecule has 1 saturated heterocycles. The lowest BCUT2D eigenvalue weighted by molar-refractivity contribution is 0.0218. The van der Waals surface area contributed by atoms with Crippen molar-refractivity contribution in [2.75, 3.05) is 24.5 Å². The Morgan fingerprint density at radius 2 is 2.00 bits per heavy atom. The van der Waals surface area contributed by atoms with Gasteiger partial charge in [0, 0.05) is 31.1 Å². The summed E-state index contributed by atoms with van der Waals surface area (Å²) in [6, 6.07) is 1.52. The molecular formula is C18H20BrCl2FN4O2. The van der Waals surface area contributed by atoms with Crippen LogP contribution in [0.2, 0.25) is 10.3 Å². The zero-order valence-electron chi connectivity index (χ0n) is 15.9. The zero-order valence-corrected chi connectivity index (χ0v) is 19.0. The van der Waals surface area contributed by atoms with Gasteiger partial charge in [0.25, 0.3) is 0 Å². The van der Waals surface area contributed by atoms with Crippen LogP contribution in [-0.4, -0.2) is 52.2 Å². The highest BCUT2D eigenvalue weighted by atomic mass is 79.9. The third-order valence-corrected chi connectivity index (χ3v) is 5.80. The number of benzene rings is 1. The van der Waals surface area contributed by atoms with Crippen LogP contribution in [0.15, 0.2) is 10.5 Å². The summed E-state index contributed by atoms with van der Waals surface area (Å²) in [5.41, 5.74) is -0.469. The summed E-state index contributed by atoms with van der Waals surface area (Å²) < 4.78 is 20.2. The number of hydrogen-bond acceptors (Lipinski definition) is 5. The Labute approximate surface area is 181 Å². The molecule has 1 aliphatic rings. The predicted molar refractivity (Wildman–Crippen MR) is 112 cm³/mol. The smallest absolute Gasteiger partial charge is 0.410 e. The lowest BCUT2D eigenvalue weighted by Gasteiger charge is -2.41. The number of aromatic nitrogens is 2. The highest BCUT2D eigenvalue weighted by molar-refractivity contribution is 9.10. The fourth-order valence-corrected chi connectivity index (χ4v) is 3.77. The van der Waals surface area contributed by atoms with Gasteiger partial charge in [-0.15, -0.1) is 0 Å². The standard InChI is InChI=1S/C18H20BrCl2FN4O2/c1-9-8-25(17(27)28-18(2,3)4)5-6-26(9)15-10-7-11(20)12(19)13(22)14(10)23-16(21)24-15/h7,9H,5-6,8H2,1-4H3. The summed E-state index contributed by atoms with van der Waals surface area (Å²) in [6.45, 7) is 8.80. The molecule has 0 radical (unpaired) electrons. The van der Waals surface area contributed by atoms with Gasteiger partial charge in [-0.3, -0.25) is 0 Å². The van der Waals surface area contributed by atoms with E-state index in [9.17, 15) is 9.18 Å². The van der Waals surface area contributed by atoms with Crippen LogP contribution in [0.4, 0.5) is 15.0 Å². The van der Waals surface area contributed by atoms with E-state index >= 15 is 0 Å². The average Bonchev–Trinajstić information content (AvgIpc) is 2.58. The fraction of sp³-hybridized carbons (Fsp3) is 0.500. The average molecular weight is 494 g/mol. The Morgan fingerprint density at radius 1 is 1.32 bits per heavy atom. The summed E-state index contributed by atoms with van der Waals surface area (Å²) in [5.74, 6) is -0.104. The first-order valence-corrected chi connectivity index (χ1v) is 10.3. The lowest BCUT2D eigenvalue weighted by Crippen LogP contribution is -2.54. The molecule has 1 aliphatic heterocycles. The topological polar surface area (TPSA) is 58.6 Å². The SMILES string of the molecule is CC1CN(C(=O)OC(C)(C)C)CCN1c1nc(Cl)nc2c(F)c(Br)c(Cl)cc12. The summed E-state index contributed by atoms with van der Waals surface area (Å²) in [5, 5.41) is 0.627. The molecule has 3 rings (SSSR count). The molecule has 0 spiro atoms. The number of piperazine rings is 1. The molecule has 1 aromatic carbocycles. The van der Waals surface area contributed by atoms with Crippen LogP contribution >= 0.6 is 39.1 Å². The Kier molecular flexibility index (Phi) is 5.94. The van der Waals surface area contributed by atoms with Crippen LogP contribution in [0.1, 0.15) is 27.7 Å². The number of anilines is 1. The molecule has 1 fully saturated rings. The molecule has 0 saturated carbocycles. The maximum Gasteiger partial charge on any atom is 0.410 e. The first kappa shape index (κ1) is 21.3. The monoisotopic (exact) mass is 492 g/mol. The lowest BCUT2D eigenvalue weighted by atomic mass is 10.1. The normalized spacial score (nSPS) is 17.9. The molecule has 2 heterocycles. The molecule has 152 valence electrons. The Hall–Kier alpha value is -1.38. The highest BCUT2D eigenvalue weighted by Crippen LogP contribution is 2.36. The highest BCUT2D eigenvalue weighted by Gasteiger charge is 2.32. The van der Waals surface area contributed by atoms with Crippen LogP contribution in [0, 0.1) is 5.82 Å². The summed E-state index contributed by atoms with van der Waals surface area (Å²) in [4.78, 5) is 24.3. The van der Waals surface area contributed by atoms with Gasteiger partial charge >= 0.3 is 6.09 Å². The molecule has 10 heteroatoms. The molecular weight excluding hydrogens is 474 g/mol. The third kappa shape index (κ3) is 4.28. The number of ether oxygens (including phenoxy) is 1. The fourth-order valence-electron chi connectivity index (χ4n) is 3.11. The van der Waals surface area contributed by atoms with E-state index in [1.165, 1.54) is 0 Å². The van der Waals surface area contributed by atoms with E-state index in [4.69, 9.17) is 27.9 Å². The maximum absolute atomic E-state index is 14.6.